The van der Waals surface area contributed by atoms with E-state index in [1.165, 1.54) is 0 Å². The lowest BCUT2D eigenvalue weighted by molar-refractivity contribution is -0.172. The Morgan fingerprint density at radius 2 is 2.26 bits per heavy atom. The van der Waals surface area contributed by atoms with Crippen molar-refractivity contribution >= 4 is 34.5 Å². The first-order valence-corrected chi connectivity index (χ1v) is 8.33. The molecule has 0 aromatic heterocycles. The first-order chi connectivity index (χ1) is 9.01. The van der Waals surface area contributed by atoms with Gasteiger partial charge in [-0.05, 0) is 31.6 Å². The molecule has 106 valence electrons. The van der Waals surface area contributed by atoms with Crippen LogP contribution < -0.4 is 0 Å². The van der Waals surface area contributed by atoms with E-state index in [4.69, 9.17) is 9.47 Å². The molecule has 0 spiro atoms. The van der Waals surface area contributed by atoms with Gasteiger partial charge in [-0.15, -0.1) is 0 Å². The third-order valence-corrected chi connectivity index (χ3v) is 6.03. The molecule has 0 aromatic carbocycles. The minimum Gasteiger partial charge on any atom is -0.462 e. The van der Waals surface area contributed by atoms with E-state index in [0.717, 1.165) is 25.7 Å². The van der Waals surface area contributed by atoms with Gasteiger partial charge in [-0.1, -0.05) is 29.5 Å². The molecule has 0 amide bonds. The van der Waals surface area contributed by atoms with Crippen LogP contribution in [0.25, 0.3) is 0 Å². The summed E-state index contributed by atoms with van der Waals surface area (Å²) >= 11 is 2.13. The van der Waals surface area contributed by atoms with E-state index in [1.807, 2.05) is 6.92 Å². The SMILES string of the molecule is CCC(I)C(=O)OC12CC3CC(C1)OC(=O)C(C3)C2. The van der Waals surface area contributed by atoms with Crippen LogP contribution in [0.5, 0.6) is 0 Å². The highest BCUT2D eigenvalue weighted by Crippen LogP contribution is 2.51. The van der Waals surface area contributed by atoms with Crippen molar-refractivity contribution in [3.05, 3.63) is 0 Å². The van der Waals surface area contributed by atoms with Crippen molar-refractivity contribution in [2.24, 2.45) is 11.8 Å². The van der Waals surface area contributed by atoms with Gasteiger partial charge in [0, 0.05) is 12.8 Å². The highest BCUT2D eigenvalue weighted by molar-refractivity contribution is 14.1. The summed E-state index contributed by atoms with van der Waals surface area (Å²) in [6.45, 7) is 1.98. The van der Waals surface area contributed by atoms with E-state index in [-0.39, 0.29) is 27.9 Å². The summed E-state index contributed by atoms with van der Waals surface area (Å²) in [6, 6.07) is 0. The Balaban J connectivity index is 1.80. The van der Waals surface area contributed by atoms with Gasteiger partial charge in [-0.3, -0.25) is 9.59 Å². The van der Waals surface area contributed by atoms with Crippen LogP contribution in [-0.4, -0.2) is 27.6 Å². The summed E-state index contributed by atoms with van der Waals surface area (Å²) in [4.78, 5) is 24.0. The number of esters is 2. The molecule has 4 bridgehead atoms. The third-order valence-electron chi connectivity index (χ3n) is 4.64. The summed E-state index contributed by atoms with van der Waals surface area (Å²) in [5.41, 5.74) is -0.432. The van der Waals surface area contributed by atoms with E-state index in [9.17, 15) is 9.59 Å². The number of alkyl halides is 1. The monoisotopic (exact) mass is 378 g/mol. The Hall–Kier alpha value is -0.330. The second-order valence-electron chi connectivity index (χ2n) is 6.19. The fourth-order valence-corrected chi connectivity index (χ4v) is 4.07. The van der Waals surface area contributed by atoms with Gasteiger partial charge < -0.3 is 9.47 Å². The molecule has 2 saturated heterocycles. The normalized spacial score (nSPS) is 41.6. The molecule has 5 atom stereocenters. The zero-order valence-electron chi connectivity index (χ0n) is 11.1. The molecule has 4 aliphatic rings. The van der Waals surface area contributed by atoms with Gasteiger partial charge in [0.2, 0.25) is 0 Å². The summed E-state index contributed by atoms with van der Waals surface area (Å²) in [7, 11) is 0. The van der Waals surface area contributed by atoms with Crippen LogP contribution in [-0.2, 0) is 19.1 Å². The number of hydrogen-bond acceptors (Lipinski definition) is 4. The Kier molecular flexibility index (Phi) is 3.52. The van der Waals surface area contributed by atoms with Crippen LogP contribution in [0.4, 0.5) is 0 Å². The number of ether oxygens (including phenoxy) is 2. The molecule has 5 unspecified atom stereocenters. The average molecular weight is 378 g/mol. The first kappa shape index (κ1) is 13.6. The molecule has 4 fully saturated rings. The molecule has 0 radical (unpaired) electrons. The standard InChI is InChI=1S/C14H19IO4/c1-2-11(15)13(17)19-14-5-8-3-9(6-14)12(16)18-10(4-8)7-14/h8-11H,2-7H2,1H3. The topological polar surface area (TPSA) is 52.6 Å². The highest BCUT2D eigenvalue weighted by atomic mass is 127. The molecule has 2 aliphatic carbocycles. The molecule has 2 aliphatic heterocycles. The van der Waals surface area contributed by atoms with Gasteiger partial charge in [0.05, 0.1) is 5.92 Å². The Bertz CT molecular complexity index is 410. The maximum absolute atomic E-state index is 12.1. The fraction of sp³-hybridized carbons (Fsp3) is 0.857. The summed E-state index contributed by atoms with van der Waals surface area (Å²) in [5, 5.41) is 0. The van der Waals surface area contributed by atoms with Gasteiger partial charge >= 0.3 is 11.9 Å². The van der Waals surface area contributed by atoms with Crippen molar-refractivity contribution < 1.29 is 19.1 Å². The quantitative estimate of drug-likeness (QED) is 0.431. The zero-order valence-corrected chi connectivity index (χ0v) is 13.2. The average Bonchev–Trinajstić information content (AvgIpc) is 2.50. The molecule has 4 rings (SSSR count). The van der Waals surface area contributed by atoms with E-state index in [0.29, 0.717) is 18.8 Å². The molecule has 5 heteroatoms. The van der Waals surface area contributed by atoms with Gasteiger partial charge in [0.15, 0.2) is 0 Å². The predicted octanol–water partition coefficient (Wildman–Crippen LogP) is 2.62. The number of rotatable bonds is 3. The highest BCUT2D eigenvalue weighted by Gasteiger charge is 2.54. The van der Waals surface area contributed by atoms with E-state index in [1.54, 1.807) is 0 Å². The molecule has 2 saturated carbocycles. The van der Waals surface area contributed by atoms with Crippen molar-refractivity contribution in [2.75, 3.05) is 0 Å². The lowest BCUT2D eigenvalue weighted by Crippen LogP contribution is -2.48. The van der Waals surface area contributed by atoms with Crippen LogP contribution in [0.2, 0.25) is 0 Å². The Morgan fingerprint density at radius 1 is 1.47 bits per heavy atom. The van der Waals surface area contributed by atoms with Gasteiger partial charge in [0.1, 0.15) is 15.6 Å². The molecule has 0 N–H and O–H groups in total. The molecular weight excluding hydrogens is 359 g/mol. The molecule has 2 heterocycles. The largest absolute Gasteiger partial charge is 0.462 e. The molecule has 0 aromatic rings. The van der Waals surface area contributed by atoms with Crippen LogP contribution in [0.3, 0.4) is 0 Å². The third kappa shape index (κ3) is 2.50. The smallest absolute Gasteiger partial charge is 0.319 e. The van der Waals surface area contributed by atoms with Gasteiger partial charge in [-0.2, -0.15) is 0 Å². The van der Waals surface area contributed by atoms with Gasteiger partial charge in [0.25, 0.3) is 0 Å². The number of fused-ring (bicyclic) bond motifs is 1. The fourth-order valence-electron chi connectivity index (χ4n) is 3.94. The minimum absolute atomic E-state index is 0.0409. The van der Waals surface area contributed by atoms with Crippen molar-refractivity contribution in [3.63, 3.8) is 0 Å². The summed E-state index contributed by atoms with van der Waals surface area (Å²) < 4.78 is 11.3. The van der Waals surface area contributed by atoms with Crippen molar-refractivity contribution in [1.29, 1.82) is 0 Å². The van der Waals surface area contributed by atoms with E-state index in [2.05, 4.69) is 22.6 Å². The summed E-state index contributed by atoms with van der Waals surface area (Å²) in [6.07, 6.45) is 4.87. The van der Waals surface area contributed by atoms with Crippen LogP contribution in [0, 0.1) is 11.8 Å². The zero-order chi connectivity index (χ0) is 13.6. The maximum atomic E-state index is 12.1. The maximum Gasteiger partial charge on any atom is 0.319 e. The summed E-state index contributed by atoms with van der Waals surface area (Å²) in [5.74, 6) is 0.212. The molecule has 4 nitrogen and oxygen atoms in total. The number of hydrogen-bond donors (Lipinski definition) is 0. The minimum atomic E-state index is -0.432. The lowest BCUT2D eigenvalue weighted by Gasteiger charge is -2.45. The lowest BCUT2D eigenvalue weighted by atomic mass is 9.65. The number of carbonyl (C=O) groups excluding carboxylic acids is 2. The predicted molar refractivity (Wildman–Crippen MR) is 76.9 cm³/mol. The van der Waals surface area contributed by atoms with Crippen molar-refractivity contribution in [2.45, 2.75) is 61.1 Å². The second-order valence-corrected chi connectivity index (χ2v) is 7.69. The van der Waals surface area contributed by atoms with Crippen molar-refractivity contribution in [3.8, 4) is 0 Å². The second kappa shape index (κ2) is 4.90. The van der Waals surface area contributed by atoms with E-state index < -0.39 is 5.60 Å². The molecular formula is C14H19IO4. The van der Waals surface area contributed by atoms with Crippen LogP contribution in [0.1, 0.15) is 45.4 Å². The number of halogens is 1. The Morgan fingerprint density at radius 3 is 3.00 bits per heavy atom. The number of carbonyl (C=O) groups is 2. The van der Waals surface area contributed by atoms with E-state index >= 15 is 0 Å². The molecule has 19 heavy (non-hydrogen) atoms. The van der Waals surface area contributed by atoms with Crippen molar-refractivity contribution in [1.82, 2.24) is 0 Å². The van der Waals surface area contributed by atoms with Crippen LogP contribution in [0.15, 0.2) is 0 Å². The first-order valence-electron chi connectivity index (χ1n) is 7.09. The van der Waals surface area contributed by atoms with Gasteiger partial charge in [-0.25, -0.2) is 0 Å². The van der Waals surface area contributed by atoms with Crippen LogP contribution >= 0.6 is 22.6 Å². The Labute approximate surface area is 126 Å².